The molecule has 112 valence electrons. The van der Waals surface area contributed by atoms with Gasteiger partial charge >= 0.3 is 0 Å². The molecule has 2 heterocycles. The number of hydrogen-bond acceptors (Lipinski definition) is 2. The summed E-state index contributed by atoms with van der Waals surface area (Å²) in [6.45, 7) is 6.17. The molecule has 0 N–H and O–H groups in total. The number of ether oxygens (including phenoxy) is 1. The number of rotatable bonds is 5. The second-order valence-electron chi connectivity index (χ2n) is 5.43. The number of hydrogen-bond donors (Lipinski definition) is 0. The smallest absolute Gasteiger partial charge is 0.122 e. The molecule has 3 rings (SSSR count). The van der Waals surface area contributed by atoms with Gasteiger partial charge in [-0.15, -0.1) is 0 Å². The summed E-state index contributed by atoms with van der Waals surface area (Å²) in [7, 11) is 0. The first kappa shape index (κ1) is 14.9. The van der Waals surface area contributed by atoms with E-state index in [1.807, 2.05) is 0 Å². The summed E-state index contributed by atoms with van der Waals surface area (Å²) < 4.78 is 9.11. The minimum Gasteiger partial charge on any atom is -0.493 e. The molecule has 4 heteroatoms. The summed E-state index contributed by atoms with van der Waals surface area (Å²) in [6.07, 6.45) is 4.13. The third-order valence-corrected chi connectivity index (χ3v) is 5.34. The highest BCUT2D eigenvalue weighted by Crippen LogP contribution is 2.26. The summed E-state index contributed by atoms with van der Waals surface area (Å²) >= 11 is 2.44. The molecule has 1 aromatic heterocycles. The average molecular weight is 396 g/mol. The number of aryl methyl sites for hydroxylation is 3. The predicted molar refractivity (Wildman–Crippen MR) is 93.0 cm³/mol. The third kappa shape index (κ3) is 2.96. The molecule has 0 saturated heterocycles. The molecule has 0 atom stereocenters. The van der Waals surface area contributed by atoms with E-state index in [0.717, 1.165) is 44.6 Å². The summed E-state index contributed by atoms with van der Waals surface area (Å²) in [5.41, 5.74) is 5.34. The Morgan fingerprint density at radius 2 is 2.14 bits per heavy atom. The minimum absolute atomic E-state index is 0.829. The van der Waals surface area contributed by atoms with Gasteiger partial charge in [-0.05, 0) is 59.0 Å². The molecule has 0 radical (unpaired) electrons. The lowest BCUT2D eigenvalue weighted by molar-refractivity contribution is 0.357. The van der Waals surface area contributed by atoms with Gasteiger partial charge in [-0.2, -0.15) is 5.10 Å². The van der Waals surface area contributed by atoms with Crippen LogP contribution in [-0.4, -0.2) is 16.4 Å². The maximum absolute atomic E-state index is 5.57. The normalized spacial score (nSPS) is 13.3. The van der Waals surface area contributed by atoms with Crippen LogP contribution in [0.4, 0.5) is 0 Å². The van der Waals surface area contributed by atoms with Gasteiger partial charge in [0.15, 0.2) is 0 Å². The number of benzene rings is 1. The van der Waals surface area contributed by atoms with Crippen molar-refractivity contribution < 1.29 is 4.74 Å². The number of halogens is 1. The largest absolute Gasteiger partial charge is 0.493 e. The summed E-state index contributed by atoms with van der Waals surface area (Å²) in [5.74, 6) is 1.06. The second-order valence-corrected chi connectivity index (χ2v) is 6.51. The average Bonchev–Trinajstić information content (AvgIpc) is 3.08. The maximum Gasteiger partial charge on any atom is 0.122 e. The Balaban J connectivity index is 1.76. The number of aromatic nitrogens is 2. The molecule has 0 fully saturated rings. The van der Waals surface area contributed by atoms with Crippen molar-refractivity contribution >= 4 is 22.6 Å². The Hall–Kier alpha value is -1.04. The van der Waals surface area contributed by atoms with E-state index in [2.05, 4.69) is 59.3 Å². The van der Waals surface area contributed by atoms with E-state index in [4.69, 9.17) is 9.84 Å². The zero-order chi connectivity index (χ0) is 14.8. The quantitative estimate of drug-likeness (QED) is 0.720. The van der Waals surface area contributed by atoms with Crippen LogP contribution in [0.15, 0.2) is 18.2 Å². The van der Waals surface area contributed by atoms with Gasteiger partial charge in [0.1, 0.15) is 5.75 Å². The van der Waals surface area contributed by atoms with E-state index in [1.165, 1.54) is 26.1 Å². The summed E-state index contributed by atoms with van der Waals surface area (Å²) in [4.78, 5) is 0. The molecular formula is C17H21IN2O. The van der Waals surface area contributed by atoms with Crippen LogP contribution < -0.4 is 4.74 Å². The predicted octanol–water partition coefficient (Wildman–Crippen LogP) is 3.79. The van der Waals surface area contributed by atoms with Crippen LogP contribution in [0.2, 0.25) is 0 Å². The Bertz CT molecular complexity index is 648. The van der Waals surface area contributed by atoms with Crippen molar-refractivity contribution in [1.82, 2.24) is 9.78 Å². The molecule has 0 unspecified atom stereocenters. The Kier molecular flexibility index (Phi) is 4.52. The molecule has 0 amide bonds. The van der Waals surface area contributed by atoms with Gasteiger partial charge in [-0.1, -0.05) is 26.0 Å². The van der Waals surface area contributed by atoms with Gasteiger partial charge in [0.05, 0.1) is 21.6 Å². The summed E-state index contributed by atoms with van der Waals surface area (Å²) in [6, 6.07) is 6.59. The van der Waals surface area contributed by atoms with Crippen LogP contribution in [0, 0.1) is 3.57 Å². The van der Waals surface area contributed by atoms with Crippen LogP contribution >= 0.6 is 22.6 Å². The number of nitrogens with zero attached hydrogens (tertiary/aromatic N) is 2. The lowest BCUT2D eigenvalue weighted by Crippen LogP contribution is -2.07. The SMILES string of the molecule is CCc1nn(CCc2ccc3c(c2)CCO3)c(CC)c1I. The van der Waals surface area contributed by atoms with Crippen molar-refractivity contribution in [1.29, 1.82) is 0 Å². The van der Waals surface area contributed by atoms with Crippen LogP contribution in [-0.2, 0) is 32.2 Å². The van der Waals surface area contributed by atoms with Gasteiger partial charge in [0, 0.05) is 13.0 Å². The van der Waals surface area contributed by atoms with Crippen molar-refractivity contribution in [2.45, 2.75) is 46.1 Å². The molecular weight excluding hydrogens is 375 g/mol. The monoisotopic (exact) mass is 396 g/mol. The first-order valence-corrected chi connectivity index (χ1v) is 8.79. The standard InChI is InChI=1S/C17H21IN2O/c1-3-14-17(18)15(4-2)20(19-14)9-7-12-5-6-16-13(11-12)8-10-21-16/h5-6,11H,3-4,7-10H2,1-2H3. The lowest BCUT2D eigenvalue weighted by atomic mass is 10.1. The minimum atomic E-state index is 0.829. The van der Waals surface area contributed by atoms with E-state index < -0.39 is 0 Å². The zero-order valence-electron chi connectivity index (χ0n) is 12.7. The van der Waals surface area contributed by atoms with Crippen molar-refractivity contribution in [3.05, 3.63) is 44.3 Å². The molecule has 1 aliphatic heterocycles. The Morgan fingerprint density at radius 1 is 1.29 bits per heavy atom. The number of fused-ring (bicyclic) bond motifs is 1. The Morgan fingerprint density at radius 3 is 2.90 bits per heavy atom. The topological polar surface area (TPSA) is 27.1 Å². The second kappa shape index (κ2) is 6.38. The first-order chi connectivity index (χ1) is 10.2. The van der Waals surface area contributed by atoms with Crippen molar-refractivity contribution in [3.8, 4) is 5.75 Å². The molecule has 21 heavy (non-hydrogen) atoms. The van der Waals surface area contributed by atoms with E-state index >= 15 is 0 Å². The lowest BCUT2D eigenvalue weighted by Gasteiger charge is -2.07. The van der Waals surface area contributed by atoms with E-state index in [-0.39, 0.29) is 0 Å². The fourth-order valence-electron chi connectivity index (χ4n) is 2.91. The third-order valence-electron chi connectivity index (χ3n) is 4.10. The van der Waals surface area contributed by atoms with Crippen molar-refractivity contribution in [2.75, 3.05) is 6.61 Å². The molecule has 3 nitrogen and oxygen atoms in total. The van der Waals surface area contributed by atoms with Crippen LogP contribution in [0.1, 0.15) is 36.4 Å². The fourth-order valence-corrected chi connectivity index (χ4v) is 4.06. The maximum atomic E-state index is 5.57. The van der Waals surface area contributed by atoms with E-state index in [0.29, 0.717) is 0 Å². The summed E-state index contributed by atoms with van der Waals surface area (Å²) in [5, 5.41) is 4.77. The highest BCUT2D eigenvalue weighted by atomic mass is 127. The van der Waals surface area contributed by atoms with Gasteiger partial charge in [-0.25, -0.2) is 0 Å². The molecule has 2 aromatic rings. The molecule has 0 spiro atoms. The first-order valence-electron chi connectivity index (χ1n) is 7.71. The van der Waals surface area contributed by atoms with Gasteiger partial charge in [0.25, 0.3) is 0 Å². The van der Waals surface area contributed by atoms with Gasteiger partial charge < -0.3 is 4.74 Å². The van der Waals surface area contributed by atoms with E-state index in [9.17, 15) is 0 Å². The molecule has 0 bridgehead atoms. The van der Waals surface area contributed by atoms with Crippen LogP contribution in [0.25, 0.3) is 0 Å². The van der Waals surface area contributed by atoms with Crippen LogP contribution in [0.3, 0.4) is 0 Å². The van der Waals surface area contributed by atoms with Gasteiger partial charge in [-0.3, -0.25) is 4.68 Å². The molecule has 0 saturated carbocycles. The highest BCUT2D eigenvalue weighted by molar-refractivity contribution is 14.1. The fraction of sp³-hybridized carbons (Fsp3) is 0.471. The Labute approximate surface area is 139 Å². The molecule has 0 aliphatic carbocycles. The van der Waals surface area contributed by atoms with Crippen molar-refractivity contribution in [3.63, 3.8) is 0 Å². The zero-order valence-corrected chi connectivity index (χ0v) is 14.8. The van der Waals surface area contributed by atoms with E-state index in [1.54, 1.807) is 0 Å². The highest BCUT2D eigenvalue weighted by Gasteiger charge is 2.14. The van der Waals surface area contributed by atoms with Crippen LogP contribution in [0.5, 0.6) is 5.75 Å². The molecule has 1 aromatic carbocycles. The van der Waals surface area contributed by atoms with Crippen molar-refractivity contribution in [2.24, 2.45) is 0 Å². The van der Waals surface area contributed by atoms with Gasteiger partial charge in [0.2, 0.25) is 0 Å². The molecule has 1 aliphatic rings.